The number of anilines is 2. The summed E-state index contributed by atoms with van der Waals surface area (Å²) in [5, 5.41) is 0.702. The number of nitrogens with zero attached hydrogens (tertiary/aromatic N) is 1. The second-order valence-electron chi connectivity index (χ2n) is 4.71. The maximum Gasteiger partial charge on any atom is 0.0598 e. The van der Waals surface area contributed by atoms with Gasteiger partial charge in [-0.2, -0.15) is 0 Å². The molecule has 0 amide bonds. The monoisotopic (exact) mass is 238 g/mol. The van der Waals surface area contributed by atoms with E-state index in [0.29, 0.717) is 5.02 Å². The predicted octanol–water partition coefficient (Wildman–Crippen LogP) is 3.55. The minimum Gasteiger partial charge on any atom is -0.397 e. The molecule has 0 unspecified atom stereocenters. The molecule has 0 bridgehead atoms. The van der Waals surface area contributed by atoms with Crippen molar-refractivity contribution in [3.63, 3.8) is 0 Å². The third-order valence-corrected chi connectivity index (χ3v) is 3.73. The first kappa shape index (κ1) is 11.6. The fourth-order valence-corrected chi connectivity index (χ4v) is 2.33. The molecular weight excluding hydrogens is 220 g/mol. The van der Waals surface area contributed by atoms with E-state index in [2.05, 4.69) is 11.9 Å². The Bertz CT molecular complexity index is 361. The number of rotatable bonds is 4. The lowest BCUT2D eigenvalue weighted by atomic mass is 9.83. The van der Waals surface area contributed by atoms with E-state index >= 15 is 0 Å². The normalized spacial score (nSPS) is 15.9. The van der Waals surface area contributed by atoms with E-state index in [0.717, 1.165) is 23.8 Å². The lowest BCUT2D eigenvalue weighted by molar-refractivity contribution is 0.299. The van der Waals surface area contributed by atoms with Crippen molar-refractivity contribution in [2.24, 2.45) is 5.92 Å². The van der Waals surface area contributed by atoms with Gasteiger partial charge in [0.05, 0.1) is 11.4 Å². The number of nitrogens with two attached hydrogens (primary N) is 1. The molecule has 2 rings (SSSR count). The highest BCUT2D eigenvalue weighted by Gasteiger charge is 2.17. The van der Waals surface area contributed by atoms with Crippen LogP contribution in [0.2, 0.25) is 5.02 Å². The molecule has 88 valence electrons. The van der Waals surface area contributed by atoms with Crippen molar-refractivity contribution in [2.45, 2.75) is 25.7 Å². The molecule has 0 aliphatic heterocycles. The maximum atomic E-state index is 5.95. The molecule has 1 aliphatic carbocycles. The van der Waals surface area contributed by atoms with Crippen LogP contribution in [0, 0.1) is 5.92 Å². The molecule has 0 atom stereocenters. The van der Waals surface area contributed by atoms with E-state index in [-0.39, 0.29) is 0 Å². The number of hydrogen-bond acceptors (Lipinski definition) is 2. The van der Waals surface area contributed by atoms with Gasteiger partial charge in [0.1, 0.15) is 0 Å². The zero-order chi connectivity index (χ0) is 11.5. The highest BCUT2D eigenvalue weighted by molar-refractivity contribution is 6.31. The van der Waals surface area contributed by atoms with E-state index in [1.165, 1.54) is 25.7 Å². The topological polar surface area (TPSA) is 29.3 Å². The van der Waals surface area contributed by atoms with Gasteiger partial charge in [0.25, 0.3) is 0 Å². The number of nitrogen functional groups attached to an aromatic ring is 1. The predicted molar refractivity (Wildman–Crippen MR) is 71.1 cm³/mol. The Labute approximate surface area is 102 Å². The summed E-state index contributed by atoms with van der Waals surface area (Å²) in [5.74, 6) is 0.941. The van der Waals surface area contributed by atoms with E-state index in [9.17, 15) is 0 Å². The van der Waals surface area contributed by atoms with Crippen LogP contribution in [0.1, 0.15) is 25.7 Å². The third kappa shape index (κ3) is 2.62. The molecule has 3 heteroatoms. The fraction of sp³-hybridized carbons (Fsp3) is 0.538. The van der Waals surface area contributed by atoms with Crippen molar-refractivity contribution in [3.05, 3.63) is 23.2 Å². The number of benzene rings is 1. The van der Waals surface area contributed by atoms with Crippen LogP contribution >= 0.6 is 11.6 Å². The largest absolute Gasteiger partial charge is 0.397 e. The molecule has 0 spiro atoms. The molecule has 0 radical (unpaired) electrons. The Hall–Kier alpha value is -0.890. The molecular formula is C13H19ClN2. The van der Waals surface area contributed by atoms with Crippen LogP contribution < -0.4 is 10.6 Å². The Balaban J connectivity index is 1.93. The summed E-state index contributed by atoms with van der Waals surface area (Å²) in [6.07, 6.45) is 5.50. The fourth-order valence-electron chi connectivity index (χ4n) is 2.15. The molecule has 2 N–H and O–H groups in total. The highest BCUT2D eigenvalue weighted by atomic mass is 35.5. The molecule has 0 saturated heterocycles. The highest BCUT2D eigenvalue weighted by Crippen LogP contribution is 2.31. The van der Waals surface area contributed by atoms with Crippen molar-refractivity contribution >= 4 is 23.0 Å². The second-order valence-corrected chi connectivity index (χ2v) is 5.15. The van der Waals surface area contributed by atoms with E-state index in [1.54, 1.807) is 0 Å². The van der Waals surface area contributed by atoms with Crippen molar-refractivity contribution in [2.75, 3.05) is 24.2 Å². The minimum atomic E-state index is 0.702. The van der Waals surface area contributed by atoms with Crippen LogP contribution in [0.15, 0.2) is 18.2 Å². The Morgan fingerprint density at radius 3 is 2.75 bits per heavy atom. The van der Waals surface area contributed by atoms with E-state index in [1.807, 2.05) is 18.2 Å². The first-order valence-electron chi connectivity index (χ1n) is 5.93. The summed E-state index contributed by atoms with van der Waals surface area (Å²) in [6, 6.07) is 5.71. The van der Waals surface area contributed by atoms with Crippen LogP contribution in [0.3, 0.4) is 0 Å². The summed E-state index contributed by atoms with van der Waals surface area (Å²) in [4.78, 5) is 2.23. The lowest BCUT2D eigenvalue weighted by Gasteiger charge is -2.29. The number of hydrogen-bond donors (Lipinski definition) is 1. The van der Waals surface area contributed by atoms with Gasteiger partial charge < -0.3 is 10.6 Å². The van der Waals surface area contributed by atoms with Gasteiger partial charge in [-0.25, -0.2) is 0 Å². The molecule has 0 aromatic heterocycles. The van der Waals surface area contributed by atoms with E-state index in [4.69, 9.17) is 17.3 Å². The summed E-state index contributed by atoms with van der Waals surface area (Å²) in [5.41, 5.74) is 7.80. The lowest BCUT2D eigenvalue weighted by Crippen LogP contribution is -2.24. The van der Waals surface area contributed by atoms with Crippen LogP contribution in [0.5, 0.6) is 0 Å². The summed E-state index contributed by atoms with van der Waals surface area (Å²) in [6.45, 7) is 1.08. The van der Waals surface area contributed by atoms with Crippen LogP contribution in [-0.4, -0.2) is 13.6 Å². The smallest absolute Gasteiger partial charge is 0.0598 e. The SMILES string of the molecule is CN(CCC1CCC1)c1ccc(Cl)cc1N. The molecule has 1 aromatic carbocycles. The first-order valence-corrected chi connectivity index (χ1v) is 6.31. The van der Waals surface area contributed by atoms with Gasteiger partial charge in [-0.1, -0.05) is 30.9 Å². The quantitative estimate of drug-likeness (QED) is 0.813. The average Bonchev–Trinajstić information content (AvgIpc) is 2.14. The van der Waals surface area contributed by atoms with Crippen LogP contribution in [0.25, 0.3) is 0 Å². The Kier molecular flexibility index (Phi) is 3.59. The molecule has 0 heterocycles. The molecule has 1 fully saturated rings. The molecule has 1 saturated carbocycles. The van der Waals surface area contributed by atoms with Gasteiger partial charge in [-0.05, 0) is 30.5 Å². The van der Waals surface area contributed by atoms with Crippen molar-refractivity contribution in [1.29, 1.82) is 0 Å². The summed E-state index contributed by atoms with van der Waals surface area (Å²) >= 11 is 5.88. The van der Waals surface area contributed by atoms with Gasteiger partial charge >= 0.3 is 0 Å². The standard InChI is InChI=1S/C13H19ClN2/c1-16(8-7-10-3-2-4-10)13-6-5-11(14)9-12(13)15/h5-6,9-10H,2-4,7-8,15H2,1H3. The zero-order valence-corrected chi connectivity index (χ0v) is 10.5. The van der Waals surface area contributed by atoms with Gasteiger partial charge in [0.2, 0.25) is 0 Å². The van der Waals surface area contributed by atoms with Crippen LogP contribution in [-0.2, 0) is 0 Å². The summed E-state index contributed by atoms with van der Waals surface area (Å²) < 4.78 is 0. The molecule has 1 aromatic rings. The third-order valence-electron chi connectivity index (χ3n) is 3.50. The van der Waals surface area contributed by atoms with Crippen molar-refractivity contribution < 1.29 is 0 Å². The Morgan fingerprint density at radius 2 is 2.19 bits per heavy atom. The summed E-state index contributed by atoms with van der Waals surface area (Å²) in [7, 11) is 2.10. The zero-order valence-electron chi connectivity index (χ0n) is 9.75. The van der Waals surface area contributed by atoms with Gasteiger partial charge in [0, 0.05) is 18.6 Å². The molecule has 2 nitrogen and oxygen atoms in total. The van der Waals surface area contributed by atoms with Crippen molar-refractivity contribution in [1.82, 2.24) is 0 Å². The average molecular weight is 239 g/mol. The Morgan fingerprint density at radius 1 is 1.44 bits per heavy atom. The van der Waals surface area contributed by atoms with Crippen molar-refractivity contribution in [3.8, 4) is 0 Å². The van der Waals surface area contributed by atoms with Crippen LogP contribution in [0.4, 0.5) is 11.4 Å². The maximum absolute atomic E-state index is 5.95. The minimum absolute atomic E-state index is 0.702. The molecule has 1 aliphatic rings. The van der Waals surface area contributed by atoms with Gasteiger partial charge in [-0.3, -0.25) is 0 Å². The van der Waals surface area contributed by atoms with Gasteiger partial charge in [0.15, 0.2) is 0 Å². The van der Waals surface area contributed by atoms with Gasteiger partial charge in [-0.15, -0.1) is 0 Å². The molecule has 16 heavy (non-hydrogen) atoms. The second kappa shape index (κ2) is 4.96. The first-order chi connectivity index (χ1) is 7.66. The van der Waals surface area contributed by atoms with E-state index < -0.39 is 0 Å². The number of halogens is 1.